The molecule has 2 rings (SSSR count). The molecule has 1 heterocycles. The maximum atomic E-state index is 13.7. The molecule has 0 saturated carbocycles. The van der Waals surface area contributed by atoms with Crippen LogP contribution < -0.4 is 0 Å². The number of rotatable bonds is 7. The largest absolute Gasteiger partial charge is 0.412 e. The van der Waals surface area contributed by atoms with Gasteiger partial charge in [0.05, 0.1) is 6.61 Å². The van der Waals surface area contributed by atoms with Gasteiger partial charge in [-0.1, -0.05) is 76.5 Å². The van der Waals surface area contributed by atoms with Crippen LogP contribution in [0.2, 0.25) is 18.1 Å². The number of hydrogen-bond donors (Lipinski definition) is 0. The lowest BCUT2D eigenvalue weighted by Crippen LogP contribution is -2.40. The van der Waals surface area contributed by atoms with Crippen molar-refractivity contribution in [2.75, 3.05) is 0 Å². The summed E-state index contributed by atoms with van der Waals surface area (Å²) in [4.78, 5) is 5.14. The average Bonchev–Trinajstić information content (AvgIpc) is 2.64. The standard InChI is InChI=1S/C25H37BrFNOSi/c1-16(2)23-20(14-26)22(18-10-12-19(27)13-11-18)21(24(28-23)17(3)4)15-29-30(8,9)25(5,6)7/h10-13,16-17H,14-15H2,1-9H3. The molecule has 0 spiro atoms. The highest BCUT2D eigenvalue weighted by molar-refractivity contribution is 9.08. The molecule has 30 heavy (non-hydrogen) atoms. The Morgan fingerprint density at radius 2 is 1.47 bits per heavy atom. The molecule has 0 saturated heterocycles. The van der Waals surface area contributed by atoms with Crippen LogP contribution in [0, 0.1) is 5.82 Å². The van der Waals surface area contributed by atoms with E-state index < -0.39 is 8.32 Å². The van der Waals surface area contributed by atoms with Crippen LogP contribution in [0.1, 0.15) is 82.8 Å². The number of alkyl halides is 1. The molecule has 0 unspecified atom stereocenters. The van der Waals surface area contributed by atoms with Gasteiger partial charge < -0.3 is 4.43 Å². The third kappa shape index (κ3) is 5.41. The minimum Gasteiger partial charge on any atom is -0.412 e. The molecule has 166 valence electrons. The van der Waals surface area contributed by atoms with Gasteiger partial charge in [0.25, 0.3) is 0 Å². The summed E-state index contributed by atoms with van der Waals surface area (Å²) in [7, 11) is -1.94. The van der Waals surface area contributed by atoms with Crippen LogP contribution in [0.4, 0.5) is 4.39 Å². The van der Waals surface area contributed by atoms with E-state index in [-0.39, 0.29) is 16.8 Å². The lowest BCUT2D eigenvalue weighted by Gasteiger charge is -2.37. The molecule has 2 aromatic rings. The van der Waals surface area contributed by atoms with E-state index in [1.54, 1.807) is 0 Å². The van der Waals surface area contributed by atoms with Gasteiger partial charge in [0.2, 0.25) is 0 Å². The van der Waals surface area contributed by atoms with Gasteiger partial charge in [0.15, 0.2) is 8.32 Å². The van der Waals surface area contributed by atoms with Crippen LogP contribution >= 0.6 is 15.9 Å². The smallest absolute Gasteiger partial charge is 0.192 e. The zero-order chi connectivity index (χ0) is 22.9. The van der Waals surface area contributed by atoms with E-state index in [1.807, 2.05) is 12.1 Å². The number of aromatic nitrogens is 1. The van der Waals surface area contributed by atoms with E-state index in [4.69, 9.17) is 9.41 Å². The van der Waals surface area contributed by atoms with Crippen LogP contribution in [-0.2, 0) is 16.4 Å². The SMILES string of the molecule is CC(C)c1nc(C(C)C)c(CO[Si](C)(C)C(C)(C)C)c(-c2ccc(F)cc2)c1CBr. The van der Waals surface area contributed by atoms with Crippen LogP contribution in [0.5, 0.6) is 0 Å². The van der Waals surface area contributed by atoms with Crippen molar-refractivity contribution in [3.8, 4) is 11.1 Å². The second-order valence-electron chi connectivity index (χ2n) is 10.2. The molecule has 0 fully saturated rings. The molecule has 0 radical (unpaired) electrons. The zero-order valence-corrected chi connectivity index (χ0v) is 22.6. The monoisotopic (exact) mass is 493 g/mol. The Morgan fingerprint density at radius 1 is 0.967 bits per heavy atom. The number of hydrogen-bond acceptors (Lipinski definition) is 2. The van der Waals surface area contributed by atoms with Crippen molar-refractivity contribution < 1.29 is 8.82 Å². The first kappa shape index (κ1) is 25.2. The quantitative estimate of drug-likeness (QED) is 0.284. The summed E-state index contributed by atoms with van der Waals surface area (Å²) in [6.07, 6.45) is 0. The maximum Gasteiger partial charge on any atom is 0.192 e. The van der Waals surface area contributed by atoms with E-state index in [0.29, 0.717) is 17.9 Å². The third-order valence-electron chi connectivity index (χ3n) is 6.21. The lowest BCUT2D eigenvalue weighted by molar-refractivity contribution is 0.274. The fourth-order valence-electron chi connectivity index (χ4n) is 3.37. The second kappa shape index (κ2) is 9.62. The molecule has 2 nitrogen and oxygen atoms in total. The van der Waals surface area contributed by atoms with Gasteiger partial charge in [-0.15, -0.1) is 0 Å². The highest BCUT2D eigenvalue weighted by Gasteiger charge is 2.37. The van der Waals surface area contributed by atoms with E-state index in [9.17, 15) is 4.39 Å². The molecule has 0 N–H and O–H groups in total. The molecule has 0 aliphatic heterocycles. The van der Waals surface area contributed by atoms with E-state index in [1.165, 1.54) is 17.7 Å². The second-order valence-corrected chi connectivity index (χ2v) is 15.6. The molecule has 5 heteroatoms. The molecule has 0 bridgehead atoms. The Labute approximate surface area is 191 Å². The Hall–Kier alpha value is -1.04. The summed E-state index contributed by atoms with van der Waals surface area (Å²) >= 11 is 3.71. The fraction of sp³-hybridized carbons (Fsp3) is 0.560. The first-order chi connectivity index (χ1) is 13.8. The van der Waals surface area contributed by atoms with Crippen molar-refractivity contribution in [3.05, 3.63) is 52.6 Å². The van der Waals surface area contributed by atoms with Crippen molar-refractivity contribution >= 4 is 24.2 Å². The minimum atomic E-state index is -1.94. The Morgan fingerprint density at radius 3 is 1.90 bits per heavy atom. The van der Waals surface area contributed by atoms with Gasteiger partial charge in [0, 0.05) is 22.3 Å². The van der Waals surface area contributed by atoms with Gasteiger partial charge in [-0.25, -0.2) is 4.39 Å². The van der Waals surface area contributed by atoms with Crippen molar-refractivity contribution in [3.63, 3.8) is 0 Å². The summed E-state index contributed by atoms with van der Waals surface area (Å²) in [5, 5.41) is 0.830. The highest BCUT2D eigenvalue weighted by Crippen LogP contribution is 2.41. The predicted octanol–water partition coefficient (Wildman–Crippen LogP) is 8.55. The molecule has 0 aliphatic rings. The molecule has 0 amide bonds. The first-order valence-corrected chi connectivity index (χ1v) is 14.8. The van der Waals surface area contributed by atoms with Gasteiger partial charge in [-0.2, -0.15) is 0 Å². The van der Waals surface area contributed by atoms with Crippen LogP contribution in [0.15, 0.2) is 24.3 Å². The molecular weight excluding hydrogens is 457 g/mol. The Bertz CT molecular complexity index is 870. The Balaban J connectivity index is 2.78. The van der Waals surface area contributed by atoms with Crippen molar-refractivity contribution in [1.82, 2.24) is 4.98 Å². The first-order valence-electron chi connectivity index (χ1n) is 10.8. The predicted molar refractivity (Wildman–Crippen MR) is 132 cm³/mol. The van der Waals surface area contributed by atoms with E-state index >= 15 is 0 Å². The van der Waals surface area contributed by atoms with Crippen molar-refractivity contribution in [2.24, 2.45) is 0 Å². The van der Waals surface area contributed by atoms with Crippen molar-refractivity contribution in [2.45, 2.75) is 90.4 Å². The number of halogens is 2. The number of nitrogens with zero attached hydrogens (tertiary/aromatic N) is 1. The van der Waals surface area contributed by atoms with Crippen LogP contribution in [0.3, 0.4) is 0 Å². The lowest BCUT2D eigenvalue weighted by atomic mass is 9.88. The zero-order valence-electron chi connectivity index (χ0n) is 20.0. The summed E-state index contributed by atoms with van der Waals surface area (Å²) in [6.45, 7) is 20.6. The molecule has 0 aliphatic carbocycles. The van der Waals surface area contributed by atoms with Crippen molar-refractivity contribution in [1.29, 1.82) is 0 Å². The van der Waals surface area contributed by atoms with Gasteiger partial charge in [-0.3, -0.25) is 4.98 Å². The van der Waals surface area contributed by atoms with E-state index in [2.05, 4.69) is 77.5 Å². The fourth-order valence-corrected chi connectivity index (χ4v) is 4.88. The maximum absolute atomic E-state index is 13.7. The summed E-state index contributed by atoms with van der Waals surface area (Å²) in [5.74, 6) is 0.342. The Kier molecular flexibility index (Phi) is 8.09. The topological polar surface area (TPSA) is 22.1 Å². The average molecular weight is 495 g/mol. The minimum absolute atomic E-state index is 0.130. The molecule has 0 atom stereocenters. The van der Waals surface area contributed by atoms with Crippen LogP contribution in [-0.4, -0.2) is 13.3 Å². The third-order valence-corrected chi connectivity index (χ3v) is 11.2. The molecule has 1 aromatic heterocycles. The number of benzene rings is 1. The highest BCUT2D eigenvalue weighted by atomic mass is 79.9. The summed E-state index contributed by atoms with van der Waals surface area (Å²) in [6, 6.07) is 6.83. The van der Waals surface area contributed by atoms with Crippen LogP contribution in [0.25, 0.3) is 11.1 Å². The van der Waals surface area contributed by atoms with E-state index in [0.717, 1.165) is 28.1 Å². The number of pyridine rings is 1. The summed E-state index contributed by atoms with van der Waals surface area (Å²) < 4.78 is 20.4. The van der Waals surface area contributed by atoms with Gasteiger partial charge in [-0.05, 0) is 58.8 Å². The summed E-state index contributed by atoms with van der Waals surface area (Å²) in [5.41, 5.74) is 6.67. The normalized spacial score (nSPS) is 12.8. The molecule has 1 aromatic carbocycles. The molecular formula is C25H37BrFNOSi. The van der Waals surface area contributed by atoms with Gasteiger partial charge >= 0.3 is 0 Å². The van der Waals surface area contributed by atoms with Gasteiger partial charge in [0.1, 0.15) is 5.82 Å².